The lowest BCUT2D eigenvalue weighted by atomic mass is 9.82. The number of fused-ring (bicyclic) bond motifs is 1. The Morgan fingerprint density at radius 1 is 1.00 bits per heavy atom. The fourth-order valence-corrected chi connectivity index (χ4v) is 8.48. The Hall–Kier alpha value is -0.720. The molecule has 0 aromatic heterocycles. The number of esters is 1. The molecule has 0 saturated heterocycles. The van der Waals surface area contributed by atoms with E-state index in [2.05, 4.69) is 51.2 Å². The molecule has 1 N–H and O–H groups in total. The van der Waals surface area contributed by atoms with E-state index >= 15 is 0 Å². The first kappa shape index (κ1) is 26.3. The van der Waals surface area contributed by atoms with Crippen molar-refractivity contribution in [1.82, 2.24) is 0 Å². The van der Waals surface area contributed by atoms with Gasteiger partial charge in [-0.05, 0) is 136 Å². The summed E-state index contributed by atoms with van der Waals surface area (Å²) in [6.07, 6.45) is 8.62. The summed E-state index contributed by atoms with van der Waals surface area (Å²) >= 11 is 4.58. The van der Waals surface area contributed by atoms with Gasteiger partial charge in [-0.15, -0.1) is 0 Å². The Balaban J connectivity index is 1.83. The molecule has 5 nitrogen and oxygen atoms in total. The van der Waals surface area contributed by atoms with Crippen molar-refractivity contribution in [1.29, 1.82) is 0 Å². The van der Waals surface area contributed by atoms with Gasteiger partial charge >= 0.3 is 5.97 Å². The summed E-state index contributed by atoms with van der Waals surface area (Å²) in [4.78, 5) is 13.7. The molecule has 8 heteroatoms. The fraction of sp³-hybridized carbons (Fsp3) is 0.500. The Morgan fingerprint density at radius 2 is 1.65 bits per heavy atom. The summed E-state index contributed by atoms with van der Waals surface area (Å²) in [5, 5.41) is 0. The fourth-order valence-electron chi connectivity index (χ4n) is 5.38. The van der Waals surface area contributed by atoms with E-state index in [1.807, 2.05) is 19.9 Å². The van der Waals surface area contributed by atoms with Crippen molar-refractivity contribution in [2.75, 3.05) is 0 Å². The molecule has 0 unspecified atom stereocenters. The maximum absolute atomic E-state index is 13.7. The monoisotopic (exact) mass is 708 g/mol. The van der Waals surface area contributed by atoms with E-state index in [1.165, 1.54) is 25.3 Å². The number of hydrogen-bond acceptors (Lipinski definition) is 4. The minimum atomic E-state index is -4.37. The molecule has 2 aromatic carbocycles. The van der Waals surface area contributed by atoms with Crippen LogP contribution in [0.25, 0.3) is 0 Å². The molecule has 34 heavy (non-hydrogen) atoms. The average Bonchev–Trinajstić information content (AvgIpc) is 2.78. The zero-order chi connectivity index (χ0) is 24.6. The van der Waals surface area contributed by atoms with Crippen molar-refractivity contribution in [3.63, 3.8) is 0 Å². The van der Waals surface area contributed by atoms with Gasteiger partial charge in [0.1, 0.15) is 5.75 Å². The molecule has 0 radical (unpaired) electrons. The molecule has 184 valence electrons. The highest BCUT2D eigenvalue weighted by Gasteiger charge is 2.31. The number of carbonyl (C=O) groups is 1. The highest BCUT2D eigenvalue weighted by molar-refractivity contribution is 14.1. The molecule has 0 aliphatic heterocycles. The van der Waals surface area contributed by atoms with E-state index in [4.69, 9.17) is 4.74 Å². The van der Waals surface area contributed by atoms with E-state index in [0.717, 1.165) is 44.0 Å². The van der Waals surface area contributed by atoms with Crippen LogP contribution in [0.2, 0.25) is 0 Å². The van der Waals surface area contributed by atoms with Gasteiger partial charge in [-0.2, -0.15) is 8.42 Å². The van der Waals surface area contributed by atoms with Gasteiger partial charge in [0.2, 0.25) is 0 Å². The molecule has 1 fully saturated rings. The first-order chi connectivity index (χ1) is 16.1. The second-order valence-electron chi connectivity index (χ2n) is 9.66. The Morgan fingerprint density at radius 3 is 2.26 bits per heavy atom. The normalized spacial score (nSPS) is 17.0. The van der Waals surface area contributed by atoms with E-state index in [-0.39, 0.29) is 16.8 Å². The van der Waals surface area contributed by atoms with Crippen LogP contribution in [0.1, 0.15) is 103 Å². The molecule has 4 rings (SSSR count). The molecule has 0 bridgehead atoms. The summed E-state index contributed by atoms with van der Waals surface area (Å²) in [5.41, 5.74) is 3.67. The number of hydrogen-bond donors (Lipinski definition) is 1. The molecular formula is C26H30I2O5S. The third-order valence-corrected chi connectivity index (χ3v) is 9.45. The number of ether oxygens (including phenoxy) is 1. The summed E-state index contributed by atoms with van der Waals surface area (Å²) in [6, 6.07) is 5.54. The lowest BCUT2D eigenvalue weighted by molar-refractivity contribution is 0.0728. The molecule has 2 aromatic rings. The second kappa shape index (κ2) is 10.7. The predicted octanol–water partition coefficient (Wildman–Crippen LogP) is 7.41. The molecule has 0 heterocycles. The summed E-state index contributed by atoms with van der Waals surface area (Å²) in [5.74, 6) is 0.363. The van der Waals surface area contributed by atoms with Gasteiger partial charge in [0.05, 0.1) is 10.5 Å². The smallest absolute Gasteiger partial charge is 0.343 e. The zero-order valence-electron chi connectivity index (χ0n) is 19.5. The van der Waals surface area contributed by atoms with Crippen molar-refractivity contribution < 1.29 is 22.5 Å². The molecule has 0 spiro atoms. The van der Waals surface area contributed by atoms with Crippen molar-refractivity contribution in [3.05, 3.63) is 53.2 Å². The number of carbonyl (C=O) groups excluding carboxylic acids is 1. The maximum atomic E-state index is 13.7. The first-order valence-corrected chi connectivity index (χ1v) is 15.5. The van der Waals surface area contributed by atoms with E-state index < -0.39 is 10.1 Å². The van der Waals surface area contributed by atoms with Gasteiger partial charge in [0, 0.05) is 7.14 Å². The SMILES string of the molecule is CC(C)c1cc(S(=O)(=O)O)c2c(c1OC(=O)c1cc(I)cc(I)c1C1CCCCC1)CCCC2. The van der Waals surface area contributed by atoms with E-state index in [9.17, 15) is 17.8 Å². The van der Waals surface area contributed by atoms with Gasteiger partial charge in [-0.1, -0.05) is 33.1 Å². The van der Waals surface area contributed by atoms with Crippen LogP contribution in [-0.4, -0.2) is 18.9 Å². The highest BCUT2D eigenvalue weighted by atomic mass is 127. The van der Waals surface area contributed by atoms with Crippen LogP contribution in [0.4, 0.5) is 0 Å². The van der Waals surface area contributed by atoms with Crippen LogP contribution >= 0.6 is 45.2 Å². The quantitative estimate of drug-likeness (QED) is 0.152. The van der Waals surface area contributed by atoms with Crippen molar-refractivity contribution >= 4 is 61.3 Å². The van der Waals surface area contributed by atoms with Crippen molar-refractivity contribution in [2.45, 2.75) is 88.4 Å². The van der Waals surface area contributed by atoms with Crippen LogP contribution in [0.5, 0.6) is 5.75 Å². The highest BCUT2D eigenvalue weighted by Crippen LogP contribution is 2.42. The van der Waals surface area contributed by atoms with Crippen LogP contribution in [-0.2, 0) is 23.0 Å². The third kappa shape index (κ3) is 5.49. The first-order valence-electron chi connectivity index (χ1n) is 11.9. The van der Waals surface area contributed by atoms with Gasteiger partial charge in [0.25, 0.3) is 10.1 Å². The second-order valence-corrected chi connectivity index (χ2v) is 13.5. The number of benzene rings is 2. The number of halogens is 2. The summed E-state index contributed by atoms with van der Waals surface area (Å²) in [6.45, 7) is 3.88. The van der Waals surface area contributed by atoms with Gasteiger partial charge < -0.3 is 4.74 Å². The van der Waals surface area contributed by atoms with Crippen molar-refractivity contribution in [2.24, 2.45) is 0 Å². The Labute approximate surface area is 229 Å². The van der Waals surface area contributed by atoms with E-state index in [0.29, 0.717) is 41.2 Å². The van der Waals surface area contributed by atoms with Gasteiger partial charge in [-0.25, -0.2) is 4.79 Å². The zero-order valence-corrected chi connectivity index (χ0v) is 24.6. The standard InChI is InChI=1S/C26H30I2O5S/c1-15(2)20-14-23(34(30,31)32)18-10-6-7-11-19(18)25(20)33-26(29)21-12-17(27)13-22(28)24(21)16-8-4-3-5-9-16/h12-16H,3-11H2,1-2H3,(H,30,31,32). The van der Waals surface area contributed by atoms with Crippen molar-refractivity contribution in [3.8, 4) is 5.75 Å². The maximum Gasteiger partial charge on any atom is 0.343 e. The minimum absolute atomic E-state index is 0.0441. The molecule has 0 atom stereocenters. The molecule has 2 aliphatic carbocycles. The van der Waals surface area contributed by atoms with Gasteiger partial charge in [0.15, 0.2) is 0 Å². The predicted molar refractivity (Wildman–Crippen MR) is 150 cm³/mol. The Bertz CT molecular complexity index is 1210. The summed E-state index contributed by atoms with van der Waals surface area (Å²) < 4.78 is 42.5. The molecule has 1 saturated carbocycles. The molecule has 2 aliphatic rings. The third-order valence-electron chi connectivity index (χ3n) is 7.01. The molecule has 0 amide bonds. The molecular weight excluding hydrogens is 678 g/mol. The van der Waals surface area contributed by atoms with Crippen LogP contribution < -0.4 is 4.74 Å². The minimum Gasteiger partial charge on any atom is -0.422 e. The largest absolute Gasteiger partial charge is 0.422 e. The van der Waals surface area contributed by atoms with E-state index in [1.54, 1.807) is 0 Å². The number of rotatable bonds is 5. The van der Waals surface area contributed by atoms with Crippen LogP contribution in [0.3, 0.4) is 0 Å². The lowest BCUT2D eigenvalue weighted by Crippen LogP contribution is -2.20. The van der Waals surface area contributed by atoms with Gasteiger partial charge in [-0.3, -0.25) is 4.55 Å². The average molecular weight is 708 g/mol. The summed E-state index contributed by atoms with van der Waals surface area (Å²) in [7, 11) is -4.37. The van der Waals surface area contributed by atoms with Crippen LogP contribution in [0, 0.1) is 7.14 Å². The van der Waals surface area contributed by atoms with Crippen LogP contribution in [0.15, 0.2) is 23.1 Å². The lowest BCUT2D eigenvalue weighted by Gasteiger charge is -2.27. The topological polar surface area (TPSA) is 80.7 Å². The Kier molecular flexibility index (Phi) is 8.31.